The summed E-state index contributed by atoms with van der Waals surface area (Å²) in [7, 11) is 0. The summed E-state index contributed by atoms with van der Waals surface area (Å²) in [5.74, 6) is 0. The number of unbranched alkanes of at least 4 members (excludes halogenated alkanes) is 1. The monoisotopic (exact) mass is 213 g/mol. The van der Waals surface area contributed by atoms with Crippen LogP contribution in [0.5, 0.6) is 0 Å². The van der Waals surface area contributed by atoms with Crippen molar-refractivity contribution in [3.8, 4) is 0 Å². The Morgan fingerprint density at radius 2 is 1.67 bits per heavy atom. The SMILES string of the molecule is CC1(C)CCCCC1.CCCCC(C)N. The van der Waals surface area contributed by atoms with E-state index >= 15 is 0 Å². The number of nitrogens with two attached hydrogens (primary N) is 1. The van der Waals surface area contributed by atoms with Gasteiger partial charge in [0.05, 0.1) is 0 Å². The molecule has 92 valence electrons. The zero-order valence-corrected chi connectivity index (χ0v) is 11.3. The van der Waals surface area contributed by atoms with Crippen LogP contribution in [0.2, 0.25) is 0 Å². The summed E-state index contributed by atoms with van der Waals surface area (Å²) in [6.45, 7) is 9.00. The van der Waals surface area contributed by atoms with Crippen molar-refractivity contribution in [1.82, 2.24) is 0 Å². The van der Waals surface area contributed by atoms with Crippen molar-refractivity contribution in [2.45, 2.75) is 85.1 Å². The Morgan fingerprint density at radius 3 is 1.87 bits per heavy atom. The van der Waals surface area contributed by atoms with Crippen LogP contribution in [0.1, 0.15) is 79.1 Å². The van der Waals surface area contributed by atoms with Crippen LogP contribution in [0.15, 0.2) is 0 Å². The van der Waals surface area contributed by atoms with E-state index in [0.29, 0.717) is 11.5 Å². The maximum Gasteiger partial charge on any atom is 0.00104 e. The van der Waals surface area contributed by atoms with Gasteiger partial charge < -0.3 is 5.73 Å². The molecule has 15 heavy (non-hydrogen) atoms. The van der Waals surface area contributed by atoms with Gasteiger partial charge in [0.1, 0.15) is 0 Å². The molecule has 1 heteroatoms. The fraction of sp³-hybridized carbons (Fsp3) is 1.00. The molecular weight excluding hydrogens is 182 g/mol. The largest absolute Gasteiger partial charge is 0.328 e. The van der Waals surface area contributed by atoms with Gasteiger partial charge in [-0.15, -0.1) is 0 Å². The van der Waals surface area contributed by atoms with Gasteiger partial charge in [0.25, 0.3) is 0 Å². The van der Waals surface area contributed by atoms with E-state index in [2.05, 4.69) is 27.7 Å². The first-order chi connectivity index (χ1) is 6.98. The van der Waals surface area contributed by atoms with Crippen molar-refractivity contribution in [3.63, 3.8) is 0 Å². The lowest BCUT2D eigenvalue weighted by atomic mass is 9.78. The average Bonchev–Trinajstić information content (AvgIpc) is 2.15. The Labute approximate surface area is 96.8 Å². The van der Waals surface area contributed by atoms with Crippen LogP contribution >= 0.6 is 0 Å². The van der Waals surface area contributed by atoms with Crippen LogP contribution < -0.4 is 5.73 Å². The lowest BCUT2D eigenvalue weighted by molar-refractivity contribution is 0.244. The van der Waals surface area contributed by atoms with Crippen molar-refractivity contribution in [2.75, 3.05) is 0 Å². The van der Waals surface area contributed by atoms with Crippen molar-refractivity contribution in [2.24, 2.45) is 11.1 Å². The molecule has 1 rings (SSSR count). The predicted octanol–water partition coefficient (Wildman–Crippen LogP) is 4.50. The highest BCUT2D eigenvalue weighted by Crippen LogP contribution is 2.34. The molecule has 0 saturated heterocycles. The summed E-state index contributed by atoms with van der Waals surface area (Å²) in [5.41, 5.74) is 6.16. The molecule has 0 aliphatic heterocycles. The lowest BCUT2D eigenvalue weighted by Gasteiger charge is -2.28. The van der Waals surface area contributed by atoms with Gasteiger partial charge in [-0.1, -0.05) is 52.9 Å². The molecule has 0 bridgehead atoms. The van der Waals surface area contributed by atoms with E-state index in [4.69, 9.17) is 5.73 Å². The van der Waals surface area contributed by atoms with Gasteiger partial charge in [0.15, 0.2) is 0 Å². The molecule has 2 N–H and O–H groups in total. The highest BCUT2D eigenvalue weighted by Gasteiger charge is 2.19. The first-order valence-corrected chi connectivity index (χ1v) is 6.73. The van der Waals surface area contributed by atoms with Crippen LogP contribution in [0.25, 0.3) is 0 Å². The maximum absolute atomic E-state index is 5.48. The second-order valence-electron chi connectivity index (χ2n) is 5.84. The third-order valence-electron chi connectivity index (χ3n) is 3.22. The molecule has 1 atom stereocenters. The van der Waals surface area contributed by atoms with Gasteiger partial charge >= 0.3 is 0 Å². The number of hydrogen-bond acceptors (Lipinski definition) is 1. The number of rotatable bonds is 3. The number of hydrogen-bond donors (Lipinski definition) is 1. The minimum absolute atomic E-state index is 0.403. The van der Waals surface area contributed by atoms with E-state index < -0.39 is 0 Å². The molecule has 1 unspecified atom stereocenters. The molecule has 0 aromatic heterocycles. The van der Waals surface area contributed by atoms with Crippen LogP contribution in [0.4, 0.5) is 0 Å². The Bertz CT molecular complexity index is 130. The Morgan fingerprint density at radius 1 is 1.13 bits per heavy atom. The van der Waals surface area contributed by atoms with Gasteiger partial charge in [-0.25, -0.2) is 0 Å². The molecule has 0 aromatic rings. The van der Waals surface area contributed by atoms with Crippen molar-refractivity contribution < 1.29 is 0 Å². The van der Waals surface area contributed by atoms with Gasteiger partial charge in [0.2, 0.25) is 0 Å². The smallest absolute Gasteiger partial charge is 0.00104 e. The highest BCUT2D eigenvalue weighted by atomic mass is 14.6. The fourth-order valence-corrected chi connectivity index (χ4v) is 2.03. The predicted molar refractivity (Wildman–Crippen MR) is 70.0 cm³/mol. The molecule has 0 spiro atoms. The minimum atomic E-state index is 0.403. The molecule has 1 fully saturated rings. The molecule has 0 radical (unpaired) electrons. The second kappa shape index (κ2) is 8.15. The molecule has 1 saturated carbocycles. The third-order valence-corrected chi connectivity index (χ3v) is 3.22. The molecular formula is C14H31N. The zero-order chi connectivity index (χ0) is 11.7. The molecule has 1 aliphatic carbocycles. The molecule has 1 nitrogen and oxygen atoms in total. The van der Waals surface area contributed by atoms with E-state index in [0.717, 1.165) is 0 Å². The van der Waals surface area contributed by atoms with Crippen molar-refractivity contribution >= 4 is 0 Å². The lowest BCUT2D eigenvalue weighted by Crippen LogP contribution is -2.14. The molecule has 1 aliphatic rings. The highest BCUT2D eigenvalue weighted by molar-refractivity contribution is 4.72. The zero-order valence-electron chi connectivity index (χ0n) is 11.3. The standard InChI is InChI=1S/C8H16.C6H15N/c1-8(2)6-4-3-5-7-8;1-3-4-5-6(2)7/h3-7H2,1-2H3;6H,3-5,7H2,1-2H3. The maximum atomic E-state index is 5.48. The first-order valence-electron chi connectivity index (χ1n) is 6.73. The molecule has 0 aromatic carbocycles. The summed E-state index contributed by atoms with van der Waals surface area (Å²) in [6.07, 6.45) is 11.0. The topological polar surface area (TPSA) is 26.0 Å². The summed E-state index contributed by atoms with van der Waals surface area (Å²) < 4.78 is 0. The van der Waals surface area contributed by atoms with E-state index in [1.165, 1.54) is 51.4 Å². The van der Waals surface area contributed by atoms with Crippen molar-refractivity contribution in [3.05, 3.63) is 0 Å². The van der Waals surface area contributed by atoms with Gasteiger partial charge in [-0.3, -0.25) is 0 Å². The normalized spacial score (nSPS) is 21.4. The van der Waals surface area contributed by atoms with Crippen LogP contribution in [0.3, 0.4) is 0 Å². The summed E-state index contributed by atoms with van der Waals surface area (Å²) in [5, 5.41) is 0. The summed E-state index contributed by atoms with van der Waals surface area (Å²) >= 11 is 0. The van der Waals surface area contributed by atoms with E-state index in [-0.39, 0.29) is 0 Å². The quantitative estimate of drug-likeness (QED) is 0.734. The summed E-state index contributed by atoms with van der Waals surface area (Å²) in [6, 6.07) is 0.403. The van der Waals surface area contributed by atoms with Crippen LogP contribution in [-0.4, -0.2) is 6.04 Å². The molecule has 0 amide bonds. The van der Waals surface area contributed by atoms with Crippen LogP contribution in [-0.2, 0) is 0 Å². The minimum Gasteiger partial charge on any atom is -0.328 e. The van der Waals surface area contributed by atoms with E-state index in [9.17, 15) is 0 Å². The molecule has 0 heterocycles. The average molecular weight is 213 g/mol. The Balaban J connectivity index is 0.000000265. The fourth-order valence-electron chi connectivity index (χ4n) is 2.03. The van der Waals surface area contributed by atoms with E-state index in [1.54, 1.807) is 0 Å². The van der Waals surface area contributed by atoms with Crippen LogP contribution in [0, 0.1) is 5.41 Å². The van der Waals surface area contributed by atoms with Gasteiger partial charge in [0, 0.05) is 6.04 Å². The second-order valence-corrected chi connectivity index (χ2v) is 5.84. The van der Waals surface area contributed by atoms with Gasteiger partial charge in [-0.05, 0) is 31.6 Å². The summed E-state index contributed by atoms with van der Waals surface area (Å²) in [4.78, 5) is 0. The van der Waals surface area contributed by atoms with Crippen molar-refractivity contribution in [1.29, 1.82) is 0 Å². The third kappa shape index (κ3) is 10.2. The Kier molecular flexibility index (Phi) is 8.13. The first kappa shape index (κ1) is 15.0. The Hall–Kier alpha value is -0.0400. The van der Waals surface area contributed by atoms with Gasteiger partial charge in [-0.2, -0.15) is 0 Å². The van der Waals surface area contributed by atoms with E-state index in [1.807, 2.05) is 0 Å².